The number of H-pyrrole nitrogens is 2. The Morgan fingerprint density at radius 1 is 1.03 bits per heavy atom. The molecule has 2 aliphatic rings. The molecule has 0 unspecified atom stereocenters. The number of likely N-dealkylation sites (N-methyl/N-ethyl adjacent to an activating group) is 1. The molecule has 0 atom stereocenters. The number of carbonyl (C=O) groups excluding carboxylic acids is 1. The fraction of sp³-hybridized carbons (Fsp3) is 0.118. The highest BCUT2D eigenvalue weighted by Gasteiger charge is 2.60. The lowest BCUT2D eigenvalue weighted by Crippen LogP contribution is -2.50. The first kappa shape index (κ1) is 18.3. The first-order valence-corrected chi connectivity index (χ1v) is 8.81. The first-order valence-electron chi connectivity index (χ1n) is 8.81. The molecule has 156 valence electrons. The molecule has 0 bridgehead atoms. The molecule has 0 radical (unpaired) electrons. The van der Waals surface area contributed by atoms with Crippen LogP contribution in [0.15, 0.2) is 27.8 Å². The van der Waals surface area contributed by atoms with Crippen molar-refractivity contribution >= 4 is 40.8 Å². The number of carbonyl (C=O) groups is 1. The number of aromatic nitrogens is 4. The number of fused-ring (bicyclic) bond motifs is 6. The van der Waals surface area contributed by atoms with Crippen LogP contribution in [0.3, 0.4) is 0 Å². The third-order valence-electron chi connectivity index (χ3n) is 5.44. The maximum absolute atomic E-state index is 13.7. The minimum atomic E-state index is -2.06. The number of nitrogens with zero attached hydrogens (tertiary/aromatic N) is 4. The van der Waals surface area contributed by atoms with E-state index in [1.807, 2.05) is 0 Å². The Morgan fingerprint density at radius 2 is 1.58 bits per heavy atom. The van der Waals surface area contributed by atoms with Crippen molar-refractivity contribution in [3.8, 4) is 0 Å². The van der Waals surface area contributed by atoms with Crippen LogP contribution in [0.4, 0.5) is 34.9 Å². The van der Waals surface area contributed by atoms with Crippen molar-refractivity contribution in [1.82, 2.24) is 19.9 Å². The highest BCUT2D eigenvalue weighted by Crippen LogP contribution is 2.54. The van der Waals surface area contributed by atoms with Gasteiger partial charge in [0.2, 0.25) is 17.8 Å². The molecule has 1 spiro atoms. The van der Waals surface area contributed by atoms with Crippen LogP contribution >= 0.6 is 0 Å². The number of aromatic amines is 2. The number of hydrogen-bond acceptors (Lipinski definition) is 10. The van der Waals surface area contributed by atoms with Crippen molar-refractivity contribution in [2.24, 2.45) is 0 Å². The summed E-state index contributed by atoms with van der Waals surface area (Å²) in [6.07, 6.45) is 0. The van der Waals surface area contributed by atoms with Crippen molar-refractivity contribution in [1.29, 1.82) is 0 Å². The molecule has 14 heteroatoms. The second kappa shape index (κ2) is 5.65. The number of nitrogen functional groups attached to an aromatic ring is 2. The van der Waals surface area contributed by atoms with E-state index in [0.29, 0.717) is 0 Å². The number of non-ortho nitro benzene ring substituents is 1. The maximum atomic E-state index is 13.7. The van der Waals surface area contributed by atoms with Gasteiger partial charge in [-0.15, -0.1) is 0 Å². The van der Waals surface area contributed by atoms with Gasteiger partial charge in [-0.05, 0) is 6.07 Å². The minimum Gasteiger partial charge on any atom is -0.369 e. The number of rotatable bonds is 1. The number of nitro groups is 1. The van der Waals surface area contributed by atoms with E-state index in [4.69, 9.17) is 11.5 Å². The number of nitrogens with one attached hydrogen (secondary N) is 3. The van der Waals surface area contributed by atoms with Gasteiger partial charge in [-0.25, -0.2) is 0 Å². The van der Waals surface area contributed by atoms with E-state index in [0.717, 1.165) is 6.07 Å². The molecule has 0 aliphatic carbocycles. The summed E-state index contributed by atoms with van der Waals surface area (Å²) in [6.45, 7) is 0. The quantitative estimate of drug-likeness (QED) is 0.244. The first-order chi connectivity index (χ1) is 14.7. The minimum absolute atomic E-state index is 0.0624. The van der Waals surface area contributed by atoms with Crippen molar-refractivity contribution in [2.75, 3.05) is 28.7 Å². The van der Waals surface area contributed by atoms with Crippen molar-refractivity contribution in [2.45, 2.75) is 5.41 Å². The lowest BCUT2D eigenvalue weighted by atomic mass is 9.69. The van der Waals surface area contributed by atoms with Crippen molar-refractivity contribution in [3.05, 3.63) is 65.7 Å². The van der Waals surface area contributed by atoms with E-state index < -0.39 is 27.4 Å². The Balaban J connectivity index is 2.04. The summed E-state index contributed by atoms with van der Waals surface area (Å²) in [7, 11) is 1.43. The molecule has 5 rings (SSSR count). The predicted octanol–water partition coefficient (Wildman–Crippen LogP) is -0.706. The fourth-order valence-corrected chi connectivity index (χ4v) is 4.28. The maximum Gasteiger partial charge on any atom is 0.269 e. The summed E-state index contributed by atoms with van der Waals surface area (Å²) in [5.41, 5.74) is 7.23. The van der Waals surface area contributed by atoms with Gasteiger partial charge in [-0.1, -0.05) is 0 Å². The van der Waals surface area contributed by atoms with E-state index in [9.17, 15) is 24.5 Å². The molecule has 3 aromatic rings. The molecular formula is C17H13N9O5. The molecule has 1 aromatic carbocycles. The molecule has 14 nitrogen and oxygen atoms in total. The average Bonchev–Trinajstić information content (AvgIpc) is 2.89. The summed E-state index contributed by atoms with van der Waals surface area (Å²) in [5, 5.41) is 14.2. The highest BCUT2D eigenvalue weighted by molar-refractivity contribution is 6.15. The number of benzene rings is 1. The van der Waals surface area contributed by atoms with Crippen molar-refractivity contribution in [3.63, 3.8) is 0 Å². The summed E-state index contributed by atoms with van der Waals surface area (Å²) in [4.78, 5) is 64.6. The van der Waals surface area contributed by atoms with Crippen LogP contribution in [0, 0.1) is 10.1 Å². The predicted molar refractivity (Wildman–Crippen MR) is 108 cm³/mol. The van der Waals surface area contributed by atoms with Crippen LogP contribution in [0.2, 0.25) is 0 Å². The number of amides is 1. The number of nitrogens with two attached hydrogens (primary N) is 2. The van der Waals surface area contributed by atoms with Crippen LogP contribution in [-0.4, -0.2) is 37.8 Å². The van der Waals surface area contributed by atoms with E-state index >= 15 is 0 Å². The molecule has 0 saturated carbocycles. The lowest BCUT2D eigenvalue weighted by Gasteiger charge is -2.34. The zero-order chi connectivity index (χ0) is 22.2. The van der Waals surface area contributed by atoms with Crippen LogP contribution in [0.5, 0.6) is 0 Å². The van der Waals surface area contributed by atoms with Crippen molar-refractivity contribution < 1.29 is 9.72 Å². The lowest BCUT2D eigenvalue weighted by molar-refractivity contribution is -0.384. The molecule has 4 heterocycles. The standard InChI is InChI=1S/C17H13N9O5/c1-25-7-3-2-5(26(30)31)4-6(7)17(14(25)29)8-10(21-15(18)23-12(8)27)20-11-9(17)13(28)24-16(19)22-11/h2-4H,1H3,(H7,18,19,20,21,22,23,24,27,28). The van der Waals surface area contributed by atoms with Crippen LogP contribution in [0.25, 0.3) is 0 Å². The molecule has 0 saturated heterocycles. The average molecular weight is 423 g/mol. The smallest absolute Gasteiger partial charge is 0.269 e. The van der Waals surface area contributed by atoms with Crippen LogP contribution < -0.4 is 32.8 Å². The molecule has 2 aromatic heterocycles. The Bertz CT molecular complexity index is 1390. The van der Waals surface area contributed by atoms with Gasteiger partial charge in [0.1, 0.15) is 17.1 Å². The Labute approximate surface area is 171 Å². The second-order valence-corrected chi connectivity index (χ2v) is 7.05. The summed E-state index contributed by atoms with van der Waals surface area (Å²) in [6, 6.07) is 3.75. The van der Waals surface area contributed by atoms with Crippen LogP contribution in [-0.2, 0) is 10.2 Å². The third kappa shape index (κ3) is 2.12. The highest BCUT2D eigenvalue weighted by atomic mass is 16.6. The summed E-state index contributed by atoms with van der Waals surface area (Å²) in [5.74, 6) is -1.42. The monoisotopic (exact) mass is 423 g/mol. The SMILES string of the molecule is CN1C(=O)C2(c3cc([N+](=O)[O-])ccc31)c1c(nc(N)[nH]c1=O)Nc1nc(N)[nH]c(=O)c12. The van der Waals surface area contributed by atoms with Gasteiger partial charge in [0.05, 0.1) is 16.1 Å². The zero-order valence-corrected chi connectivity index (χ0v) is 15.7. The van der Waals surface area contributed by atoms with Crippen LogP contribution in [0.1, 0.15) is 16.7 Å². The molecule has 0 fully saturated rings. The molecular weight excluding hydrogens is 410 g/mol. The third-order valence-corrected chi connectivity index (χ3v) is 5.44. The zero-order valence-electron chi connectivity index (χ0n) is 15.7. The topological polar surface area (TPSA) is 219 Å². The van der Waals surface area contributed by atoms with Gasteiger partial charge >= 0.3 is 0 Å². The van der Waals surface area contributed by atoms with Gasteiger partial charge < -0.3 is 21.7 Å². The van der Waals surface area contributed by atoms with E-state index in [-0.39, 0.29) is 51.6 Å². The van der Waals surface area contributed by atoms with Gasteiger partial charge in [0.15, 0.2) is 0 Å². The normalized spacial score (nSPS) is 15.3. The second-order valence-electron chi connectivity index (χ2n) is 7.05. The Kier molecular flexibility index (Phi) is 3.34. The molecule has 2 aliphatic heterocycles. The molecule has 1 amide bonds. The Morgan fingerprint density at radius 3 is 2.10 bits per heavy atom. The Hall–Kier alpha value is -4.75. The van der Waals surface area contributed by atoms with Gasteiger partial charge in [-0.3, -0.25) is 34.5 Å². The number of nitro benzene ring substituents is 1. The molecule has 7 N–H and O–H groups in total. The van der Waals surface area contributed by atoms with Gasteiger partial charge in [-0.2, -0.15) is 9.97 Å². The van der Waals surface area contributed by atoms with E-state index in [1.165, 1.54) is 24.1 Å². The van der Waals surface area contributed by atoms with Gasteiger partial charge in [0, 0.05) is 30.4 Å². The van der Waals surface area contributed by atoms with E-state index in [2.05, 4.69) is 25.3 Å². The summed E-state index contributed by atoms with van der Waals surface area (Å²) < 4.78 is 0. The van der Waals surface area contributed by atoms with Gasteiger partial charge in [0.25, 0.3) is 16.8 Å². The summed E-state index contributed by atoms with van der Waals surface area (Å²) >= 11 is 0. The number of anilines is 5. The fourth-order valence-electron chi connectivity index (χ4n) is 4.28. The largest absolute Gasteiger partial charge is 0.369 e. The van der Waals surface area contributed by atoms with E-state index in [1.54, 1.807) is 0 Å². The number of hydrogen-bond donors (Lipinski definition) is 5. The molecule has 31 heavy (non-hydrogen) atoms.